The number of aromatic nitrogens is 5. The number of amides is 2. The molecule has 4 rings (SSSR count). The number of hydrogen-bond donors (Lipinski definition) is 2. The van der Waals surface area contributed by atoms with Crippen LogP contribution in [0.2, 0.25) is 0 Å². The maximum atomic E-state index is 12.3. The molecule has 0 radical (unpaired) electrons. The van der Waals surface area contributed by atoms with E-state index in [4.69, 9.17) is 0 Å². The minimum absolute atomic E-state index is 0.131. The number of rotatable bonds is 3. The topological polar surface area (TPSA) is 89.7 Å². The van der Waals surface area contributed by atoms with Crippen molar-refractivity contribution in [2.75, 3.05) is 5.32 Å². The van der Waals surface area contributed by atoms with Gasteiger partial charge in [0.25, 0.3) is 0 Å². The van der Waals surface area contributed by atoms with Gasteiger partial charge in [0.1, 0.15) is 12.2 Å². The van der Waals surface area contributed by atoms with Crippen LogP contribution in [0.4, 0.5) is 10.6 Å². The molecule has 2 N–H and O–H groups in total. The summed E-state index contributed by atoms with van der Waals surface area (Å²) in [5, 5.41) is 14.4. The molecule has 0 aliphatic carbocycles. The smallest absolute Gasteiger partial charge is 0.321 e. The number of hydrogen-bond acceptors (Lipinski definition) is 4. The van der Waals surface area contributed by atoms with Crippen LogP contribution in [0.3, 0.4) is 0 Å². The van der Waals surface area contributed by atoms with E-state index in [0.717, 1.165) is 36.6 Å². The average Bonchev–Trinajstić information content (AvgIpc) is 3.23. The maximum absolute atomic E-state index is 12.3. The molecule has 2 amide bonds. The Morgan fingerprint density at radius 3 is 2.96 bits per heavy atom. The van der Waals surface area contributed by atoms with E-state index in [2.05, 4.69) is 25.8 Å². The van der Waals surface area contributed by atoms with Crippen molar-refractivity contribution in [1.82, 2.24) is 29.9 Å². The Bertz CT molecular complexity index is 884. The highest BCUT2D eigenvalue weighted by molar-refractivity contribution is 5.88. The van der Waals surface area contributed by atoms with Crippen LogP contribution in [-0.4, -0.2) is 30.6 Å². The van der Waals surface area contributed by atoms with Crippen molar-refractivity contribution in [3.05, 3.63) is 54.2 Å². The third-order valence-corrected chi connectivity index (χ3v) is 4.25. The first-order valence-electron chi connectivity index (χ1n) is 8.28. The number of urea groups is 1. The second-order valence-corrected chi connectivity index (χ2v) is 6.05. The molecular formula is C17H19N7O. The van der Waals surface area contributed by atoms with Crippen molar-refractivity contribution in [2.24, 2.45) is 0 Å². The quantitative estimate of drug-likeness (QED) is 0.768. The number of carbonyl (C=O) groups excluding carboxylic acids is 1. The highest BCUT2D eigenvalue weighted by Crippen LogP contribution is 2.22. The largest absolute Gasteiger partial charge is 0.328 e. The van der Waals surface area contributed by atoms with E-state index in [1.165, 1.54) is 6.33 Å². The van der Waals surface area contributed by atoms with Crippen LogP contribution in [0.1, 0.15) is 30.4 Å². The molecule has 1 aromatic carbocycles. The number of anilines is 1. The van der Waals surface area contributed by atoms with Gasteiger partial charge in [-0.2, -0.15) is 5.10 Å². The van der Waals surface area contributed by atoms with Crippen LogP contribution in [0.15, 0.2) is 42.7 Å². The van der Waals surface area contributed by atoms with Gasteiger partial charge in [-0.15, -0.1) is 5.10 Å². The molecule has 0 fully saturated rings. The van der Waals surface area contributed by atoms with Gasteiger partial charge in [0, 0.05) is 18.3 Å². The van der Waals surface area contributed by atoms with E-state index in [-0.39, 0.29) is 12.1 Å². The van der Waals surface area contributed by atoms with Crippen molar-refractivity contribution in [2.45, 2.75) is 32.4 Å². The zero-order chi connectivity index (χ0) is 17.2. The highest BCUT2D eigenvalue weighted by atomic mass is 16.2. The van der Waals surface area contributed by atoms with Gasteiger partial charge in [-0.05, 0) is 31.9 Å². The normalized spacial score (nSPS) is 16.3. The van der Waals surface area contributed by atoms with Crippen LogP contribution in [-0.2, 0) is 6.54 Å². The predicted octanol–water partition coefficient (Wildman–Crippen LogP) is 2.43. The summed E-state index contributed by atoms with van der Waals surface area (Å²) in [6.07, 6.45) is 3.34. The summed E-state index contributed by atoms with van der Waals surface area (Å²) in [5.41, 5.74) is 1.90. The molecule has 8 heteroatoms. The van der Waals surface area contributed by atoms with E-state index in [1.807, 2.05) is 48.0 Å². The number of nitrogens with zero attached hydrogens (tertiary/aromatic N) is 5. The lowest BCUT2D eigenvalue weighted by Gasteiger charge is -2.22. The summed E-state index contributed by atoms with van der Waals surface area (Å²) in [7, 11) is 0. The predicted molar refractivity (Wildman–Crippen MR) is 92.5 cm³/mol. The number of para-hydroxylation sites is 1. The monoisotopic (exact) mass is 337 g/mol. The Hall–Kier alpha value is -3.16. The van der Waals surface area contributed by atoms with Gasteiger partial charge in [-0.1, -0.05) is 18.2 Å². The third kappa shape index (κ3) is 3.10. The van der Waals surface area contributed by atoms with E-state index >= 15 is 0 Å². The molecule has 1 aliphatic rings. The molecular weight excluding hydrogens is 318 g/mol. The molecule has 25 heavy (non-hydrogen) atoms. The first-order valence-corrected chi connectivity index (χ1v) is 8.28. The molecule has 0 unspecified atom stereocenters. The van der Waals surface area contributed by atoms with Gasteiger partial charge >= 0.3 is 6.03 Å². The number of nitrogens with one attached hydrogen (secondary N) is 2. The molecule has 8 nitrogen and oxygen atoms in total. The summed E-state index contributed by atoms with van der Waals surface area (Å²) in [6, 6.07) is 11.2. The molecule has 3 aromatic rings. The van der Waals surface area contributed by atoms with E-state index in [9.17, 15) is 4.79 Å². The van der Waals surface area contributed by atoms with Gasteiger partial charge in [0.15, 0.2) is 5.82 Å². The van der Waals surface area contributed by atoms with Gasteiger partial charge < -0.3 is 5.32 Å². The highest BCUT2D eigenvalue weighted by Gasteiger charge is 2.24. The fourth-order valence-corrected chi connectivity index (χ4v) is 3.10. The molecule has 0 spiro atoms. The SMILES string of the molecule is Cc1cc(NC(=O)N[C@@H]2CCCn3ncnc32)nn1-c1ccccc1. The van der Waals surface area contributed by atoms with Gasteiger partial charge in [-0.3, -0.25) is 5.32 Å². The third-order valence-electron chi connectivity index (χ3n) is 4.25. The molecule has 0 saturated heterocycles. The van der Waals surface area contributed by atoms with E-state index in [0.29, 0.717) is 5.82 Å². The molecule has 1 aliphatic heterocycles. The zero-order valence-electron chi connectivity index (χ0n) is 13.9. The minimum Gasteiger partial charge on any atom is -0.328 e. The summed E-state index contributed by atoms with van der Waals surface area (Å²) in [5.74, 6) is 1.31. The first-order chi connectivity index (χ1) is 12.2. The summed E-state index contributed by atoms with van der Waals surface area (Å²) >= 11 is 0. The van der Waals surface area contributed by atoms with Crippen molar-refractivity contribution in [3.63, 3.8) is 0 Å². The fourth-order valence-electron chi connectivity index (χ4n) is 3.10. The van der Waals surface area contributed by atoms with Crippen LogP contribution < -0.4 is 10.6 Å². The standard InChI is InChI=1S/C17H19N7O/c1-12-10-15(22-24(12)13-6-3-2-4-7-13)21-17(25)20-14-8-5-9-23-16(14)18-11-19-23/h2-4,6-7,10-11,14H,5,8-9H2,1H3,(H2,20,21,22,25)/t14-/m1/s1. The lowest BCUT2D eigenvalue weighted by Crippen LogP contribution is -2.36. The Morgan fingerprint density at radius 2 is 2.12 bits per heavy atom. The van der Waals surface area contributed by atoms with Crippen molar-refractivity contribution in [1.29, 1.82) is 0 Å². The second-order valence-electron chi connectivity index (χ2n) is 6.05. The Balaban J connectivity index is 1.46. The number of fused-ring (bicyclic) bond motifs is 1. The Labute approximate surface area is 144 Å². The number of carbonyl (C=O) groups is 1. The molecule has 0 saturated carbocycles. The van der Waals surface area contributed by atoms with E-state index in [1.54, 1.807) is 4.68 Å². The second kappa shape index (κ2) is 6.39. The lowest BCUT2D eigenvalue weighted by atomic mass is 10.1. The minimum atomic E-state index is -0.292. The Kier molecular flexibility index (Phi) is 3.93. The summed E-state index contributed by atoms with van der Waals surface area (Å²) in [4.78, 5) is 16.6. The van der Waals surface area contributed by atoms with Gasteiger partial charge in [0.2, 0.25) is 0 Å². The molecule has 2 aromatic heterocycles. The lowest BCUT2D eigenvalue weighted by molar-refractivity contribution is 0.244. The van der Waals surface area contributed by atoms with Crippen LogP contribution in [0, 0.1) is 6.92 Å². The summed E-state index contributed by atoms with van der Waals surface area (Å²) in [6.45, 7) is 2.79. The molecule has 3 heterocycles. The molecule has 0 bridgehead atoms. The van der Waals surface area contributed by atoms with Crippen molar-refractivity contribution < 1.29 is 4.79 Å². The summed E-state index contributed by atoms with van der Waals surface area (Å²) < 4.78 is 3.63. The Morgan fingerprint density at radius 1 is 1.28 bits per heavy atom. The molecule has 1 atom stereocenters. The van der Waals surface area contributed by atoms with Crippen molar-refractivity contribution in [3.8, 4) is 5.69 Å². The molecule has 128 valence electrons. The maximum Gasteiger partial charge on any atom is 0.321 e. The van der Waals surface area contributed by atoms with Gasteiger partial charge in [0.05, 0.1) is 11.7 Å². The fraction of sp³-hybridized carbons (Fsp3) is 0.294. The van der Waals surface area contributed by atoms with Gasteiger partial charge in [-0.25, -0.2) is 19.1 Å². The van der Waals surface area contributed by atoms with Crippen LogP contribution >= 0.6 is 0 Å². The van der Waals surface area contributed by atoms with Crippen LogP contribution in [0.5, 0.6) is 0 Å². The first kappa shape index (κ1) is 15.4. The van der Waals surface area contributed by atoms with E-state index < -0.39 is 0 Å². The number of aryl methyl sites for hydroxylation is 2. The zero-order valence-corrected chi connectivity index (χ0v) is 13.9. The van der Waals surface area contributed by atoms with Crippen molar-refractivity contribution >= 4 is 11.8 Å². The van der Waals surface area contributed by atoms with Crippen LogP contribution in [0.25, 0.3) is 5.69 Å². The average molecular weight is 337 g/mol. The number of benzene rings is 1.